The molecule has 0 spiro atoms. The van der Waals surface area contributed by atoms with Crippen LogP contribution in [0.5, 0.6) is 0 Å². The van der Waals surface area contributed by atoms with Crippen LogP contribution < -0.4 is 4.90 Å². The monoisotopic (exact) mass is 324 g/mol. The molecule has 0 saturated carbocycles. The lowest BCUT2D eigenvalue weighted by atomic mass is 9.90. The van der Waals surface area contributed by atoms with Gasteiger partial charge in [0.2, 0.25) is 5.91 Å². The molecule has 1 amide bonds. The summed E-state index contributed by atoms with van der Waals surface area (Å²) < 4.78 is 0. The van der Waals surface area contributed by atoms with Crippen LogP contribution in [-0.4, -0.2) is 51.9 Å². The molecule has 0 aromatic carbocycles. The number of H-pyrrole nitrogens is 1. The largest absolute Gasteiger partial charge is 0.354 e. The quantitative estimate of drug-likeness (QED) is 0.865. The minimum absolute atomic E-state index is 0.0619. The van der Waals surface area contributed by atoms with Crippen LogP contribution in [0.25, 0.3) is 11.0 Å². The molecule has 0 bridgehead atoms. The van der Waals surface area contributed by atoms with Crippen molar-refractivity contribution >= 4 is 22.8 Å². The highest BCUT2D eigenvalue weighted by Crippen LogP contribution is 2.29. The lowest BCUT2D eigenvalue weighted by molar-refractivity contribution is -0.131. The number of nitrogens with zero attached hydrogens (tertiary/aromatic N) is 5. The Kier molecular flexibility index (Phi) is 4.47. The number of amides is 1. The Morgan fingerprint density at radius 1 is 1.62 bits per heavy atom. The van der Waals surface area contributed by atoms with Gasteiger partial charge in [-0.3, -0.25) is 4.79 Å². The van der Waals surface area contributed by atoms with E-state index in [9.17, 15) is 4.79 Å². The molecular weight excluding hydrogens is 304 g/mol. The van der Waals surface area contributed by atoms with Gasteiger partial charge in [0.1, 0.15) is 24.2 Å². The molecule has 1 aliphatic heterocycles. The third-order valence-corrected chi connectivity index (χ3v) is 4.68. The van der Waals surface area contributed by atoms with Crippen molar-refractivity contribution < 1.29 is 4.79 Å². The van der Waals surface area contributed by atoms with E-state index in [1.807, 2.05) is 31.5 Å². The van der Waals surface area contributed by atoms with Crippen molar-refractivity contribution in [2.75, 3.05) is 25.0 Å². The van der Waals surface area contributed by atoms with Crippen LogP contribution in [0.3, 0.4) is 0 Å². The van der Waals surface area contributed by atoms with E-state index in [2.05, 4.69) is 26.4 Å². The fourth-order valence-corrected chi connectivity index (χ4v) is 3.34. The van der Waals surface area contributed by atoms with E-state index >= 15 is 0 Å². The first kappa shape index (κ1) is 16.0. The molecule has 2 aromatic heterocycles. The van der Waals surface area contributed by atoms with Crippen LogP contribution >= 0.6 is 0 Å². The van der Waals surface area contributed by atoms with E-state index in [1.54, 1.807) is 4.90 Å². The number of anilines is 1. The summed E-state index contributed by atoms with van der Waals surface area (Å²) in [7, 11) is 1.98. The highest BCUT2D eigenvalue weighted by Gasteiger charge is 2.33. The maximum absolute atomic E-state index is 12.1. The van der Waals surface area contributed by atoms with Gasteiger partial charge in [0.15, 0.2) is 0 Å². The van der Waals surface area contributed by atoms with Crippen LogP contribution in [-0.2, 0) is 4.79 Å². The standard InChI is InChI=1S/C17H20N6O/c1-3-12-6-9-23(15(24)4-7-18)10-14(12)22(2)17-13-5-8-19-16(13)20-11-21-17/h3,5,8,11-12,14H,1,4,6,9-10H2,2H3,(H,19,20,21)/t12-,14+/m1/s1. The molecule has 2 aromatic rings. The Labute approximate surface area is 140 Å². The van der Waals surface area contributed by atoms with Crippen molar-refractivity contribution in [2.24, 2.45) is 5.92 Å². The lowest BCUT2D eigenvalue weighted by Crippen LogP contribution is -2.53. The van der Waals surface area contributed by atoms with Crippen molar-refractivity contribution in [1.82, 2.24) is 19.9 Å². The number of aromatic amines is 1. The molecule has 1 fully saturated rings. The zero-order valence-electron chi connectivity index (χ0n) is 13.6. The highest BCUT2D eigenvalue weighted by atomic mass is 16.2. The number of likely N-dealkylation sites (N-methyl/N-ethyl adjacent to an activating group) is 1. The molecular formula is C17H20N6O. The molecule has 1 N–H and O–H groups in total. The van der Waals surface area contributed by atoms with Crippen LogP contribution in [0.15, 0.2) is 31.2 Å². The number of nitrogens with one attached hydrogen (secondary N) is 1. The smallest absolute Gasteiger partial charge is 0.236 e. The number of fused-ring (bicyclic) bond motifs is 1. The van der Waals surface area contributed by atoms with Crippen LogP contribution in [0.4, 0.5) is 5.82 Å². The fraction of sp³-hybridized carbons (Fsp3) is 0.412. The number of piperidine rings is 1. The van der Waals surface area contributed by atoms with Gasteiger partial charge in [-0.1, -0.05) is 6.08 Å². The summed E-state index contributed by atoms with van der Waals surface area (Å²) in [6.45, 7) is 5.16. The molecule has 1 saturated heterocycles. The fourth-order valence-electron chi connectivity index (χ4n) is 3.34. The molecule has 0 aliphatic carbocycles. The second-order valence-electron chi connectivity index (χ2n) is 5.98. The van der Waals surface area contributed by atoms with E-state index in [4.69, 9.17) is 5.26 Å². The van der Waals surface area contributed by atoms with E-state index in [0.717, 1.165) is 23.3 Å². The molecule has 124 valence electrons. The van der Waals surface area contributed by atoms with Crippen molar-refractivity contribution in [1.29, 1.82) is 5.26 Å². The van der Waals surface area contributed by atoms with Crippen molar-refractivity contribution in [3.8, 4) is 6.07 Å². The molecule has 2 atom stereocenters. The molecule has 1 aliphatic rings. The first-order chi connectivity index (χ1) is 11.7. The maximum Gasteiger partial charge on any atom is 0.236 e. The first-order valence-corrected chi connectivity index (χ1v) is 7.94. The highest BCUT2D eigenvalue weighted by molar-refractivity contribution is 5.87. The molecule has 7 nitrogen and oxygen atoms in total. The minimum Gasteiger partial charge on any atom is -0.354 e. The third kappa shape index (κ3) is 2.83. The molecule has 3 heterocycles. The SMILES string of the molecule is C=C[C@@H]1CCN(C(=O)CC#N)C[C@@H]1N(C)c1ncnc2[nH]ccc12. The van der Waals surface area contributed by atoms with Crippen LogP contribution in [0.2, 0.25) is 0 Å². The Morgan fingerprint density at radius 3 is 3.21 bits per heavy atom. The van der Waals surface area contributed by atoms with E-state index in [1.165, 1.54) is 6.33 Å². The first-order valence-electron chi connectivity index (χ1n) is 7.94. The topological polar surface area (TPSA) is 88.9 Å². The normalized spacial score (nSPS) is 20.6. The predicted molar refractivity (Wildman–Crippen MR) is 91.2 cm³/mol. The molecule has 3 rings (SSSR count). The van der Waals surface area contributed by atoms with Crippen molar-refractivity contribution in [2.45, 2.75) is 18.9 Å². The summed E-state index contributed by atoms with van der Waals surface area (Å²) in [5, 5.41) is 9.72. The van der Waals surface area contributed by atoms with Gasteiger partial charge in [-0.05, 0) is 12.5 Å². The predicted octanol–water partition coefficient (Wildman–Crippen LogP) is 1.71. The van der Waals surface area contributed by atoms with Gasteiger partial charge in [0, 0.05) is 32.3 Å². The summed E-state index contributed by atoms with van der Waals surface area (Å²) >= 11 is 0. The molecule has 24 heavy (non-hydrogen) atoms. The van der Waals surface area contributed by atoms with Gasteiger partial charge in [-0.25, -0.2) is 9.97 Å². The number of rotatable bonds is 4. The lowest BCUT2D eigenvalue weighted by Gasteiger charge is -2.42. The van der Waals surface area contributed by atoms with Gasteiger partial charge in [-0.15, -0.1) is 6.58 Å². The van der Waals surface area contributed by atoms with Crippen LogP contribution in [0, 0.1) is 17.2 Å². The summed E-state index contributed by atoms with van der Waals surface area (Å²) in [4.78, 5) is 27.7. The summed E-state index contributed by atoms with van der Waals surface area (Å²) in [5.41, 5.74) is 0.787. The summed E-state index contributed by atoms with van der Waals surface area (Å²) in [6, 6.07) is 3.95. The van der Waals surface area contributed by atoms with E-state index in [-0.39, 0.29) is 24.3 Å². The Balaban J connectivity index is 1.89. The van der Waals surface area contributed by atoms with Crippen LogP contribution in [0.1, 0.15) is 12.8 Å². The number of hydrogen-bond donors (Lipinski definition) is 1. The Bertz CT molecular complexity index is 792. The number of carbonyl (C=O) groups excluding carboxylic acids is 1. The minimum atomic E-state index is -0.118. The molecule has 0 radical (unpaired) electrons. The summed E-state index contributed by atoms with van der Waals surface area (Å²) in [6.07, 6.45) is 6.07. The molecule has 0 unspecified atom stereocenters. The van der Waals surface area contributed by atoms with E-state index in [0.29, 0.717) is 13.1 Å². The average Bonchev–Trinajstić information content (AvgIpc) is 3.09. The van der Waals surface area contributed by atoms with Gasteiger partial charge in [-0.2, -0.15) is 5.26 Å². The van der Waals surface area contributed by atoms with Gasteiger partial charge < -0.3 is 14.8 Å². The van der Waals surface area contributed by atoms with Gasteiger partial charge in [0.25, 0.3) is 0 Å². The zero-order chi connectivity index (χ0) is 17.1. The third-order valence-electron chi connectivity index (χ3n) is 4.68. The maximum atomic E-state index is 12.1. The summed E-state index contributed by atoms with van der Waals surface area (Å²) in [5.74, 6) is 0.964. The Hall–Kier alpha value is -2.88. The van der Waals surface area contributed by atoms with Crippen molar-refractivity contribution in [3.63, 3.8) is 0 Å². The second kappa shape index (κ2) is 6.71. The zero-order valence-corrected chi connectivity index (χ0v) is 13.6. The second-order valence-corrected chi connectivity index (χ2v) is 5.98. The number of nitriles is 1. The average molecular weight is 324 g/mol. The number of aromatic nitrogens is 3. The number of hydrogen-bond acceptors (Lipinski definition) is 5. The Morgan fingerprint density at radius 2 is 2.46 bits per heavy atom. The molecule has 7 heteroatoms. The number of likely N-dealkylation sites (tertiary alicyclic amines) is 1. The van der Waals surface area contributed by atoms with E-state index < -0.39 is 0 Å². The van der Waals surface area contributed by atoms with Crippen molar-refractivity contribution in [3.05, 3.63) is 31.2 Å². The van der Waals surface area contributed by atoms with Gasteiger partial charge >= 0.3 is 0 Å². The van der Waals surface area contributed by atoms with Gasteiger partial charge in [0.05, 0.1) is 17.5 Å². The number of carbonyl (C=O) groups is 1.